The quantitative estimate of drug-likeness (QED) is 0.614. The van der Waals surface area contributed by atoms with E-state index in [-0.39, 0.29) is 17.5 Å². The number of aryl methyl sites for hydroxylation is 2. The molecule has 0 aliphatic heterocycles. The fourth-order valence-electron chi connectivity index (χ4n) is 3.56. The third-order valence-electron chi connectivity index (χ3n) is 4.87. The fraction of sp³-hybridized carbons (Fsp3) is 0.400. The second kappa shape index (κ2) is 6.96. The molecule has 0 saturated carbocycles. The molecule has 4 heteroatoms. The molecule has 0 nitrogen and oxygen atoms in total. The zero-order valence-corrected chi connectivity index (χ0v) is 13.6. The smallest absolute Gasteiger partial charge is 0.162 e. The third-order valence-corrected chi connectivity index (χ3v) is 4.87. The van der Waals surface area contributed by atoms with E-state index in [1.807, 2.05) is 6.92 Å². The van der Waals surface area contributed by atoms with Crippen molar-refractivity contribution in [3.63, 3.8) is 0 Å². The molecule has 0 bridgehead atoms. The van der Waals surface area contributed by atoms with E-state index in [4.69, 9.17) is 0 Å². The fourth-order valence-corrected chi connectivity index (χ4v) is 3.56. The Balaban J connectivity index is 1.91. The van der Waals surface area contributed by atoms with Crippen LogP contribution in [0.1, 0.15) is 54.4 Å². The second-order valence-electron chi connectivity index (χ2n) is 6.52. The van der Waals surface area contributed by atoms with Gasteiger partial charge in [-0.05, 0) is 72.9 Å². The number of halogens is 4. The summed E-state index contributed by atoms with van der Waals surface area (Å²) in [6.45, 7) is 2.02. The molecule has 0 amide bonds. The normalized spacial score (nSPS) is 17.0. The summed E-state index contributed by atoms with van der Waals surface area (Å²) in [6.07, 6.45) is 3.61. The standard InChI is InChI=1S/C20H20F4/c1-2-3-4-12-9-17(22)19(18(23)10-12)14-6-5-13-7-8-16(21)20(24)15(13)11-14/h7-10,14H,2-6,11H2,1H3. The molecular formula is C20H20F4. The van der Waals surface area contributed by atoms with Gasteiger partial charge in [-0.25, -0.2) is 17.6 Å². The van der Waals surface area contributed by atoms with Crippen molar-refractivity contribution >= 4 is 0 Å². The maximum atomic E-state index is 14.5. The Morgan fingerprint density at radius 1 is 1.00 bits per heavy atom. The van der Waals surface area contributed by atoms with Gasteiger partial charge < -0.3 is 0 Å². The molecule has 24 heavy (non-hydrogen) atoms. The van der Waals surface area contributed by atoms with Crippen molar-refractivity contribution < 1.29 is 17.6 Å². The lowest BCUT2D eigenvalue weighted by molar-refractivity contribution is 0.457. The minimum atomic E-state index is -0.912. The minimum absolute atomic E-state index is 0.00422. The molecule has 0 fully saturated rings. The number of fused-ring (bicyclic) bond motifs is 1. The first-order valence-corrected chi connectivity index (χ1v) is 8.44. The van der Waals surface area contributed by atoms with E-state index in [1.54, 1.807) is 6.07 Å². The van der Waals surface area contributed by atoms with Gasteiger partial charge in [-0.15, -0.1) is 0 Å². The van der Waals surface area contributed by atoms with E-state index >= 15 is 0 Å². The van der Waals surface area contributed by atoms with Crippen molar-refractivity contribution in [3.8, 4) is 0 Å². The SMILES string of the molecule is CCCCc1cc(F)c(C2CCc3ccc(F)c(F)c3C2)c(F)c1. The number of benzene rings is 2. The number of hydrogen-bond acceptors (Lipinski definition) is 0. The van der Waals surface area contributed by atoms with Crippen LogP contribution in [0.5, 0.6) is 0 Å². The van der Waals surface area contributed by atoms with E-state index in [0.29, 0.717) is 24.8 Å². The van der Waals surface area contributed by atoms with Gasteiger partial charge in [0, 0.05) is 5.56 Å². The Hall–Kier alpha value is -1.84. The summed E-state index contributed by atoms with van der Waals surface area (Å²) in [5.74, 6) is -3.42. The van der Waals surface area contributed by atoms with Gasteiger partial charge in [-0.3, -0.25) is 0 Å². The molecule has 1 aliphatic rings. The van der Waals surface area contributed by atoms with Crippen LogP contribution in [-0.2, 0) is 19.3 Å². The first-order chi connectivity index (χ1) is 11.5. The van der Waals surface area contributed by atoms with Crippen LogP contribution in [0.15, 0.2) is 24.3 Å². The van der Waals surface area contributed by atoms with Crippen molar-refractivity contribution in [2.45, 2.75) is 51.4 Å². The van der Waals surface area contributed by atoms with Crippen LogP contribution in [0.2, 0.25) is 0 Å². The Labute approximate surface area is 139 Å². The van der Waals surface area contributed by atoms with Gasteiger partial charge in [-0.2, -0.15) is 0 Å². The van der Waals surface area contributed by atoms with Crippen LogP contribution in [0.4, 0.5) is 17.6 Å². The largest absolute Gasteiger partial charge is 0.207 e. The zero-order chi connectivity index (χ0) is 17.3. The molecular weight excluding hydrogens is 316 g/mol. The number of unbranched alkanes of at least 4 members (excludes halogenated alkanes) is 1. The average molecular weight is 336 g/mol. The van der Waals surface area contributed by atoms with Gasteiger partial charge in [-0.1, -0.05) is 19.4 Å². The Kier molecular flexibility index (Phi) is 4.93. The second-order valence-corrected chi connectivity index (χ2v) is 6.52. The van der Waals surface area contributed by atoms with E-state index in [1.165, 1.54) is 12.1 Å². The maximum absolute atomic E-state index is 14.5. The van der Waals surface area contributed by atoms with Gasteiger partial charge >= 0.3 is 0 Å². The molecule has 0 radical (unpaired) electrons. The molecule has 1 unspecified atom stereocenters. The van der Waals surface area contributed by atoms with Crippen LogP contribution in [0, 0.1) is 23.3 Å². The first-order valence-electron chi connectivity index (χ1n) is 8.44. The summed E-state index contributed by atoms with van der Waals surface area (Å²) >= 11 is 0. The summed E-state index contributed by atoms with van der Waals surface area (Å²) in [5, 5.41) is 0. The Morgan fingerprint density at radius 2 is 1.71 bits per heavy atom. The average Bonchev–Trinajstić information content (AvgIpc) is 2.56. The van der Waals surface area contributed by atoms with Crippen LogP contribution in [0.25, 0.3) is 0 Å². The van der Waals surface area contributed by atoms with E-state index in [9.17, 15) is 17.6 Å². The highest BCUT2D eigenvalue weighted by Gasteiger charge is 2.28. The number of hydrogen-bond donors (Lipinski definition) is 0. The van der Waals surface area contributed by atoms with Crippen molar-refractivity contribution in [1.82, 2.24) is 0 Å². The van der Waals surface area contributed by atoms with Crippen molar-refractivity contribution in [1.29, 1.82) is 0 Å². The highest BCUT2D eigenvalue weighted by Crippen LogP contribution is 2.37. The summed E-state index contributed by atoms with van der Waals surface area (Å²) in [7, 11) is 0. The maximum Gasteiger partial charge on any atom is 0.162 e. The van der Waals surface area contributed by atoms with Crippen LogP contribution < -0.4 is 0 Å². The molecule has 2 aromatic carbocycles. The lowest BCUT2D eigenvalue weighted by Gasteiger charge is -2.26. The van der Waals surface area contributed by atoms with E-state index in [0.717, 1.165) is 24.5 Å². The van der Waals surface area contributed by atoms with Crippen molar-refractivity contribution in [2.24, 2.45) is 0 Å². The monoisotopic (exact) mass is 336 g/mol. The van der Waals surface area contributed by atoms with Gasteiger partial charge in [0.15, 0.2) is 11.6 Å². The lowest BCUT2D eigenvalue weighted by Crippen LogP contribution is -2.17. The summed E-state index contributed by atoms with van der Waals surface area (Å²) < 4.78 is 56.4. The van der Waals surface area contributed by atoms with Gasteiger partial charge in [0.05, 0.1) is 0 Å². The Bertz CT molecular complexity index is 729. The van der Waals surface area contributed by atoms with Crippen LogP contribution in [0.3, 0.4) is 0 Å². The first kappa shape index (κ1) is 17.0. The number of rotatable bonds is 4. The van der Waals surface area contributed by atoms with Crippen molar-refractivity contribution in [3.05, 3.63) is 69.8 Å². The molecule has 3 rings (SSSR count). The van der Waals surface area contributed by atoms with Crippen molar-refractivity contribution in [2.75, 3.05) is 0 Å². The molecule has 1 atom stereocenters. The molecule has 1 aliphatic carbocycles. The van der Waals surface area contributed by atoms with Crippen LogP contribution >= 0.6 is 0 Å². The summed E-state index contributed by atoms with van der Waals surface area (Å²) in [4.78, 5) is 0. The van der Waals surface area contributed by atoms with E-state index in [2.05, 4.69) is 0 Å². The minimum Gasteiger partial charge on any atom is -0.207 e. The highest BCUT2D eigenvalue weighted by molar-refractivity contribution is 5.37. The lowest BCUT2D eigenvalue weighted by atomic mass is 9.79. The van der Waals surface area contributed by atoms with Gasteiger partial charge in [0.2, 0.25) is 0 Å². The molecule has 128 valence electrons. The summed E-state index contributed by atoms with van der Waals surface area (Å²) in [6, 6.07) is 5.43. The predicted molar refractivity (Wildman–Crippen MR) is 86.1 cm³/mol. The molecule has 0 aromatic heterocycles. The topological polar surface area (TPSA) is 0 Å². The van der Waals surface area contributed by atoms with E-state index < -0.39 is 29.2 Å². The van der Waals surface area contributed by atoms with Gasteiger partial charge in [0.1, 0.15) is 11.6 Å². The highest BCUT2D eigenvalue weighted by atomic mass is 19.2. The van der Waals surface area contributed by atoms with Crippen LogP contribution in [-0.4, -0.2) is 0 Å². The molecule has 2 aromatic rings. The third kappa shape index (κ3) is 3.19. The summed E-state index contributed by atoms with van der Waals surface area (Å²) in [5.41, 5.74) is 1.62. The van der Waals surface area contributed by atoms with Gasteiger partial charge in [0.25, 0.3) is 0 Å². The zero-order valence-electron chi connectivity index (χ0n) is 13.6. The molecule has 0 heterocycles. The molecule has 0 saturated heterocycles. The molecule has 0 N–H and O–H groups in total. The Morgan fingerprint density at radius 3 is 2.38 bits per heavy atom. The molecule has 0 spiro atoms. The predicted octanol–water partition coefficient (Wildman–Crippen LogP) is 5.86.